The highest BCUT2D eigenvalue weighted by molar-refractivity contribution is 5.81. The molecule has 16 heavy (non-hydrogen) atoms. The molecule has 0 saturated heterocycles. The lowest BCUT2D eigenvalue weighted by atomic mass is 10.2. The molecule has 2 aromatic heterocycles. The second kappa shape index (κ2) is 3.54. The van der Waals surface area contributed by atoms with E-state index in [4.69, 9.17) is 14.6 Å². The van der Waals surface area contributed by atoms with Crippen molar-refractivity contribution in [1.82, 2.24) is 0 Å². The molecule has 0 unspecified atom stereocenters. The molecular formula is C13H11NO2. The number of hydrogen-bond donors (Lipinski definition) is 1. The largest absolute Gasteiger partial charge is 0.456 e. The summed E-state index contributed by atoms with van der Waals surface area (Å²) in [6.45, 7) is 0.403. The average Bonchev–Trinajstić information content (AvgIpc) is 2.95. The lowest BCUT2D eigenvalue weighted by molar-refractivity contribution is 0.503. The smallest absolute Gasteiger partial charge is 0.170 e. The molecule has 1 aromatic carbocycles. The molecular weight excluding hydrogens is 202 g/mol. The number of rotatable bonds is 2. The molecule has 0 spiro atoms. The standard InChI is InChI=1S/C13H11NO2/c14-8-10-5-6-12(15-10)13-7-9-3-1-2-4-11(9)16-13/h1-7H,8,14H2. The van der Waals surface area contributed by atoms with E-state index in [1.807, 2.05) is 42.5 Å². The molecule has 0 saturated carbocycles. The molecule has 0 fully saturated rings. The quantitative estimate of drug-likeness (QED) is 0.711. The van der Waals surface area contributed by atoms with Crippen LogP contribution < -0.4 is 5.73 Å². The highest BCUT2D eigenvalue weighted by Crippen LogP contribution is 2.28. The van der Waals surface area contributed by atoms with Gasteiger partial charge in [0, 0.05) is 5.39 Å². The summed E-state index contributed by atoms with van der Waals surface area (Å²) in [5.74, 6) is 2.22. The van der Waals surface area contributed by atoms with Crippen LogP contribution in [0.25, 0.3) is 22.5 Å². The topological polar surface area (TPSA) is 52.3 Å². The summed E-state index contributed by atoms with van der Waals surface area (Å²) in [6, 6.07) is 13.6. The van der Waals surface area contributed by atoms with Gasteiger partial charge in [0.1, 0.15) is 11.3 Å². The molecule has 80 valence electrons. The Balaban J connectivity index is 2.11. The third kappa shape index (κ3) is 1.42. The number of hydrogen-bond acceptors (Lipinski definition) is 3. The van der Waals surface area contributed by atoms with E-state index in [-0.39, 0.29) is 0 Å². The monoisotopic (exact) mass is 213 g/mol. The van der Waals surface area contributed by atoms with Crippen molar-refractivity contribution in [3.8, 4) is 11.5 Å². The summed E-state index contributed by atoms with van der Waals surface area (Å²) in [5, 5.41) is 1.07. The van der Waals surface area contributed by atoms with Crippen LogP contribution in [0.15, 0.2) is 51.3 Å². The van der Waals surface area contributed by atoms with Gasteiger partial charge in [0.15, 0.2) is 11.5 Å². The van der Waals surface area contributed by atoms with Crippen molar-refractivity contribution in [2.45, 2.75) is 6.54 Å². The minimum absolute atomic E-state index is 0.403. The van der Waals surface area contributed by atoms with E-state index in [1.54, 1.807) is 0 Å². The third-order valence-corrected chi connectivity index (χ3v) is 2.53. The Morgan fingerprint density at radius 1 is 0.938 bits per heavy atom. The highest BCUT2D eigenvalue weighted by Gasteiger charge is 2.09. The van der Waals surface area contributed by atoms with E-state index in [0.29, 0.717) is 6.54 Å². The first-order chi connectivity index (χ1) is 7.86. The molecule has 0 aliphatic heterocycles. The van der Waals surface area contributed by atoms with Crippen LogP contribution in [0.3, 0.4) is 0 Å². The van der Waals surface area contributed by atoms with Crippen molar-refractivity contribution >= 4 is 11.0 Å². The minimum Gasteiger partial charge on any atom is -0.456 e. The van der Waals surface area contributed by atoms with E-state index in [2.05, 4.69) is 0 Å². The van der Waals surface area contributed by atoms with Crippen molar-refractivity contribution in [1.29, 1.82) is 0 Å². The van der Waals surface area contributed by atoms with Crippen molar-refractivity contribution in [2.75, 3.05) is 0 Å². The maximum absolute atomic E-state index is 5.68. The Bertz CT molecular complexity index is 588. The SMILES string of the molecule is NCc1ccc(-c2cc3ccccc3o2)o1. The summed E-state index contributed by atoms with van der Waals surface area (Å²) in [5.41, 5.74) is 6.36. The Hall–Kier alpha value is -2.00. The maximum atomic E-state index is 5.68. The van der Waals surface area contributed by atoms with Crippen LogP contribution >= 0.6 is 0 Å². The first kappa shape index (κ1) is 9.24. The Morgan fingerprint density at radius 3 is 2.56 bits per heavy atom. The van der Waals surface area contributed by atoms with Crippen molar-refractivity contribution in [2.24, 2.45) is 5.73 Å². The average molecular weight is 213 g/mol. The summed E-state index contributed by atoms with van der Waals surface area (Å²) < 4.78 is 11.2. The van der Waals surface area contributed by atoms with Gasteiger partial charge in [-0.1, -0.05) is 18.2 Å². The number of fused-ring (bicyclic) bond motifs is 1. The van der Waals surface area contributed by atoms with Gasteiger partial charge < -0.3 is 14.6 Å². The normalized spacial score (nSPS) is 11.1. The molecule has 0 aliphatic rings. The first-order valence-electron chi connectivity index (χ1n) is 5.14. The van der Waals surface area contributed by atoms with Gasteiger partial charge in [0.2, 0.25) is 0 Å². The second-order valence-corrected chi connectivity index (χ2v) is 3.62. The molecule has 3 nitrogen and oxygen atoms in total. The molecule has 3 rings (SSSR count). The van der Waals surface area contributed by atoms with Gasteiger partial charge in [0.25, 0.3) is 0 Å². The van der Waals surface area contributed by atoms with Crippen LogP contribution in [0, 0.1) is 0 Å². The van der Waals surface area contributed by atoms with E-state index >= 15 is 0 Å². The molecule has 3 aromatic rings. The van der Waals surface area contributed by atoms with Gasteiger partial charge in [-0.05, 0) is 24.3 Å². The lowest BCUT2D eigenvalue weighted by Crippen LogP contribution is -1.92. The summed E-state index contributed by atoms with van der Waals surface area (Å²) >= 11 is 0. The molecule has 0 atom stereocenters. The van der Waals surface area contributed by atoms with Crippen LogP contribution in [-0.4, -0.2) is 0 Å². The second-order valence-electron chi connectivity index (χ2n) is 3.62. The number of nitrogens with two attached hydrogens (primary N) is 1. The summed E-state index contributed by atoms with van der Waals surface area (Å²) in [6.07, 6.45) is 0. The molecule has 2 heterocycles. The van der Waals surface area contributed by atoms with E-state index in [0.717, 1.165) is 28.2 Å². The van der Waals surface area contributed by atoms with Gasteiger partial charge in [0.05, 0.1) is 6.54 Å². The summed E-state index contributed by atoms with van der Waals surface area (Å²) in [7, 11) is 0. The molecule has 0 aliphatic carbocycles. The lowest BCUT2D eigenvalue weighted by Gasteiger charge is -1.89. The van der Waals surface area contributed by atoms with Crippen LogP contribution in [0.2, 0.25) is 0 Å². The molecule has 0 radical (unpaired) electrons. The maximum Gasteiger partial charge on any atom is 0.170 e. The number of furan rings is 2. The zero-order valence-corrected chi connectivity index (χ0v) is 8.64. The Kier molecular flexibility index (Phi) is 2.04. The predicted octanol–water partition coefficient (Wildman–Crippen LogP) is 3.15. The van der Waals surface area contributed by atoms with Gasteiger partial charge in [-0.3, -0.25) is 0 Å². The van der Waals surface area contributed by atoms with Crippen LogP contribution in [0.1, 0.15) is 5.76 Å². The highest BCUT2D eigenvalue weighted by atomic mass is 16.4. The zero-order chi connectivity index (χ0) is 11.0. The molecule has 3 heteroatoms. The fourth-order valence-corrected chi connectivity index (χ4v) is 1.72. The van der Waals surface area contributed by atoms with E-state index < -0.39 is 0 Å². The fourth-order valence-electron chi connectivity index (χ4n) is 1.72. The van der Waals surface area contributed by atoms with Crippen LogP contribution in [0.5, 0.6) is 0 Å². The van der Waals surface area contributed by atoms with Gasteiger partial charge in [-0.25, -0.2) is 0 Å². The van der Waals surface area contributed by atoms with Crippen molar-refractivity contribution in [3.05, 3.63) is 48.2 Å². The molecule has 0 amide bonds. The third-order valence-electron chi connectivity index (χ3n) is 2.53. The van der Waals surface area contributed by atoms with Gasteiger partial charge in [-0.2, -0.15) is 0 Å². The van der Waals surface area contributed by atoms with E-state index in [9.17, 15) is 0 Å². The number of para-hydroxylation sites is 1. The van der Waals surface area contributed by atoms with Gasteiger partial charge in [-0.15, -0.1) is 0 Å². The number of benzene rings is 1. The molecule has 0 bridgehead atoms. The van der Waals surface area contributed by atoms with Gasteiger partial charge >= 0.3 is 0 Å². The zero-order valence-electron chi connectivity index (χ0n) is 8.64. The Labute approximate surface area is 92.5 Å². The van der Waals surface area contributed by atoms with Crippen LogP contribution in [-0.2, 0) is 6.54 Å². The minimum atomic E-state index is 0.403. The predicted molar refractivity (Wildman–Crippen MR) is 61.8 cm³/mol. The first-order valence-corrected chi connectivity index (χ1v) is 5.14. The summed E-state index contributed by atoms with van der Waals surface area (Å²) in [4.78, 5) is 0. The van der Waals surface area contributed by atoms with Crippen molar-refractivity contribution in [3.63, 3.8) is 0 Å². The molecule has 2 N–H and O–H groups in total. The fraction of sp³-hybridized carbons (Fsp3) is 0.0769. The Morgan fingerprint density at radius 2 is 1.81 bits per heavy atom. The van der Waals surface area contributed by atoms with E-state index in [1.165, 1.54) is 0 Å². The van der Waals surface area contributed by atoms with Crippen molar-refractivity contribution < 1.29 is 8.83 Å². The van der Waals surface area contributed by atoms with Crippen LogP contribution in [0.4, 0.5) is 0 Å².